The number of benzene rings is 2. The van der Waals surface area contributed by atoms with Gasteiger partial charge in [0.2, 0.25) is 11.7 Å². The lowest BCUT2D eigenvalue weighted by molar-refractivity contribution is -0.134. The summed E-state index contributed by atoms with van der Waals surface area (Å²) in [5.41, 5.74) is 18.8. The van der Waals surface area contributed by atoms with E-state index in [2.05, 4.69) is 37.8 Å². The van der Waals surface area contributed by atoms with Crippen LogP contribution in [0.3, 0.4) is 0 Å². The van der Waals surface area contributed by atoms with E-state index in [1.165, 1.54) is 11.3 Å². The zero-order valence-corrected chi connectivity index (χ0v) is 22.8. The Labute approximate surface area is 235 Å². The Morgan fingerprint density at radius 3 is 2.60 bits per heavy atom. The van der Waals surface area contributed by atoms with Gasteiger partial charge in [0.15, 0.2) is 11.0 Å². The van der Waals surface area contributed by atoms with Gasteiger partial charge in [-0.2, -0.15) is 4.99 Å². The molecule has 12 nitrogen and oxygen atoms in total. The molecule has 2 fully saturated rings. The number of nitrogens with one attached hydrogen (secondary N) is 2. The lowest BCUT2D eigenvalue weighted by Gasteiger charge is -2.45. The van der Waals surface area contributed by atoms with E-state index in [1.807, 2.05) is 47.5 Å². The number of aromatic nitrogens is 1. The molecule has 0 unspecified atom stereocenters. The molecule has 3 aromatic rings. The summed E-state index contributed by atoms with van der Waals surface area (Å²) in [7, 11) is 0. The molecule has 0 saturated carbocycles. The molecule has 3 heterocycles. The molecule has 2 saturated heterocycles. The Balaban J connectivity index is 1.32. The fraction of sp³-hybridized carbons (Fsp3) is 0.370. The number of carbonyl (C=O) groups excluding carboxylic acids is 3. The summed E-state index contributed by atoms with van der Waals surface area (Å²) < 4.78 is 0.845. The van der Waals surface area contributed by atoms with Gasteiger partial charge in [0.1, 0.15) is 12.1 Å². The van der Waals surface area contributed by atoms with Crippen molar-refractivity contribution < 1.29 is 14.4 Å². The van der Waals surface area contributed by atoms with Gasteiger partial charge in [0, 0.05) is 31.7 Å². The minimum atomic E-state index is -1.07. The maximum absolute atomic E-state index is 13.6. The molecular weight excluding hydrogens is 530 g/mol. The van der Waals surface area contributed by atoms with Crippen LogP contribution in [0.15, 0.2) is 59.6 Å². The number of hydrogen-bond acceptors (Lipinski definition) is 8. The number of fused-ring (bicyclic) bond motifs is 2. The zero-order chi connectivity index (χ0) is 28.3. The number of aliphatic imine (C=N–C) groups is 1. The summed E-state index contributed by atoms with van der Waals surface area (Å²) in [6.45, 7) is 1.77. The van der Waals surface area contributed by atoms with Gasteiger partial charge in [-0.05, 0) is 37.0 Å². The van der Waals surface area contributed by atoms with Gasteiger partial charge in [-0.1, -0.05) is 42.5 Å². The third kappa shape index (κ3) is 6.28. The van der Waals surface area contributed by atoms with Crippen molar-refractivity contribution in [3.63, 3.8) is 0 Å². The van der Waals surface area contributed by atoms with Crippen molar-refractivity contribution in [3.8, 4) is 0 Å². The van der Waals surface area contributed by atoms with E-state index in [0.29, 0.717) is 24.9 Å². The molecule has 40 heavy (non-hydrogen) atoms. The number of urea groups is 1. The second-order valence-electron chi connectivity index (χ2n) is 10.3. The first kappa shape index (κ1) is 27.6. The van der Waals surface area contributed by atoms with E-state index in [9.17, 15) is 14.4 Å². The molecule has 5 rings (SSSR count). The monoisotopic (exact) mass is 563 g/mol. The lowest BCUT2D eigenvalue weighted by atomic mass is 9.86. The number of nitrogens with zero attached hydrogens (tertiary/aromatic N) is 4. The average molecular weight is 564 g/mol. The minimum Gasteiger partial charge on any atom is -0.370 e. The summed E-state index contributed by atoms with van der Waals surface area (Å²) in [5.74, 6) is -1.14. The van der Waals surface area contributed by atoms with Crippen LogP contribution in [-0.2, 0) is 11.2 Å². The predicted molar refractivity (Wildman–Crippen MR) is 153 cm³/mol. The highest BCUT2D eigenvalue weighted by molar-refractivity contribution is 7.20. The number of guanidine groups is 1. The number of Topliss-reactive ketones (excluding diaryl/α,β-unsaturated/α-hetero) is 1. The van der Waals surface area contributed by atoms with E-state index in [4.69, 9.17) is 17.2 Å². The van der Waals surface area contributed by atoms with Gasteiger partial charge in [-0.3, -0.25) is 9.59 Å². The van der Waals surface area contributed by atoms with Crippen LogP contribution in [0.5, 0.6) is 0 Å². The van der Waals surface area contributed by atoms with Crippen molar-refractivity contribution in [2.75, 3.05) is 26.2 Å². The minimum absolute atomic E-state index is 0.207. The van der Waals surface area contributed by atoms with Crippen molar-refractivity contribution in [1.29, 1.82) is 0 Å². The average Bonchev–Trinajstić information content (AvgIpc) is 3.54. The van der Waals surface area contributed by atoms with Crippen molar-refractivity contribution in [3.05, 3.63) is 65.2 Å². The molecule has 13 heteroatoms. The molecule has 2 aliphatic heterocycles. The highest BCUT2D eigenvalue weighted by Crippen LogP contribution is 2.30. The second kappa shape index (κ2) is 11.7. The topological polar surface area (TPSA) is 185 Å². The number of para-hydroxylation sites is 1. The highest BCUT2D eigenvalue weighted by Gasteiger charge is 2.45. The van der Waals surface area contributed by atoms with Crippen LogP contribution in [0, 0.1) is 0 Å². The number of nitrogens with two attached hydrogens (primary N) is 3. The van der Waals surface area contributed by atoms with E-state index in [-0.39, 0.29) is 17.5 Å². The second-order valence-corrected chi connectivity index (χ2v) is 11.3. The summed E-state index contributed by atoms with van der Waals surface area (Å²) in [6, 6.07) is 15.1. The number of thiazole rings is 1. The van der Waals surface area contributed by atoms with Crippen molar-refractivity contribution in [1.82, 2.24) is 25.6 Å². The Morgan fingerprint density at radius 2 is 1.85 bits per heavy atom. The quantitative estimate of drug-likeness (QED) is 0.149. The predicted octanol–water partition coefficient (Wildman–Crippen LogP) is 0.582. The largest absolute Gasteiger partial charge is 0.370 e. The van der Waals surface area contributed by atoms with Gasteiger partial charge in [0.25, 0.3) is 0 Å². The van der Waals surface area contributed by atoms with E-state index in [0.717, 1.165) is 29.8 Å². The number of carbonyl (C=O) groups is 3. The van der Waals surface area contributed by atoms with Gasteiger partial charge in [-0.25, -0.2) is 19.8 Å². The fourth-order valence-electron chi connectivity index (χ4n) is 5.31. The lowest BCUT2D eigenvalue weighted by Crippen LogP contribution is -2.64. The molecule has 2 aromatic carbocycles. The zero-order valence-electron chi connectivity index (χ0n) is 22.0. The number of hydrazine groups is 1. The van der Waals surface area contributed by atoms with Crippen LogP contribution >= 0.6 is 11.3 Å². The molecular formula is C27H33N9O3S. The molecule has 1 aromatic heterocycles. The Morgan fingerprint density at radius 1 is 1.10 bits per heavy atom. The van der Waals surface area contributed by atoms with Crippen molar-refractivity contribution >= 4 is 45.2 Å². The third-order valence-electron chi connectivity index (χ3n) is 7.26. The van der Waals surface area contributed by atoms with Gasteiger partial charge in [-0.15, -0.1) is 11.3 Å². The Hall–Kier alpha value is -3.91. The summed E-state index contributed by atoms with van der Waals surface area (Å²) in [6.07, 6.45) is 2.10. The van der Waals surface area contributed by atoms with Gasteiger partial charge >= 0.3 is 6.03 Å². The molecule has 3 amide bonds. The first-order valence-corrected chi connectivity index (χ1v) is 13.9. The smallest absolute Gasteiger partial charge is 0.344 e. The molecule has 0 spiro atoms. The van der Waals surface area contributed by atoms with Crippen molar-refractivity contribution in [2.24, 2.45) is 22.2 Å². The number of amides is 3. The van der Waals surface area contributed by atoms with E-state index >= 15 is 0 Å². The van der Waals surface area contributed by atoms with Crippen LogP contribution in [0.4, 0.5) is 4.79 Å². The van der Waals surface area contributed by atoms with E-state index in [1.54, 1.807) is 0 Å². The molecule has 2 aliphatic rings. The van der Waals surface area contributed by atoms with E-state index < -0.39 is 35.4 Å². The fourth-order valence-corrected chi connectivity index (χ4v) is 6.27. The Kier molecular flexibility index (Phi) is 8.07. The first-order valence-electron chi connectivity index (χ1n) is 13.1. The van der Waals surface area contributed by atoms with Crippen LogP contribution in [0.2, 0.25) is 0 Å². The summed E-state index contributed by atoms with van der Waals surface area (Å²) in [4.78, 5) is 47.1. The maximum Gasteiger partial charge on any atom is 0.344 e. The SMILES string of the molecule is NC(N)=NC(=O)NC[C@H](NC(=O)[C@@H]1CCN2CC[C@@](N)(Cc3ccccc3)CN12)C(=O)c1nc2ccccc2s1. The number of ketones is 1. The van der Waals surface area contributed by atoms with Crippen molar-refractivity contribution in [2.45, 2.75) is 36.9 Å². The maximum atomic E-state index is 13.6. The van der Waals surface area contributed by atoms with Crippen LogP contribution < -0.4 is 27.8 Å². The van der Waals surface area contributed by atoms with Crippen LogP contribution in [0.1, 0.15) is 28.2 Å². The highest BCUT2D eigenvalue weighted by atomic mass is 32.1. The first-order chi connectivity index (χ1) is 19.2. The molecule has 210 valence electrons. The number of rotatable bonds is 8. The standard InChI is InChI=1S/C27H33N9O3S/c28-25(29)34-26(39)31-15-19(22(37)24-33-18-8-4-5-9-21(18)40-24)32-23(38)20-10-12-35-13-11-27(30,16-36(20)35)14-17-6-2-1-3-7-17/h1-9,19-20H,10-16,30H2,(H,32,38)(H5,28,29,31,34,39)/t19-,20-,27+/m0/s1. The molecule has 3 atom stereocenters. The Bertz CT molecular complexity index is 1390. The normalized spacial score (nSPS) is 21.9. The molecule has 0 aliphatic carbocycles. The number of hydrogen-bond donors (Lipinski definition) is 5. The van der Waals surface area contributed by atoms with Crippen LogP contribution in [0.25, 0.3) is 10.2 Å². The molecule has 8 N–H and O–H groups in total. The van der Waals surface area contributed by atoms with Crippen LogP contribution in [-0.4, -0.2) is 82.5 Å². The summed E-state index contributed by atoms with van der Waals surface area (Å²) in [5, 5.41) is 9.78. The van der Waals surface area contributed by atoms with Gasteiger partial charge < -0.3 is 27.8 Å². The molecule has 0 radical (unpaired) electrons. The molecule has 0 bridgehead atoms. The third-order valence-corrected chi connectivity index (χ3v) is 8.31. The van der Waals surface area contributed by atoms with Gasteiger partial charge in [0.05, 0.1) is 10.2 Å². The summed E-state index contributed by atoms with van der Waals surface area (Å²) >= 11 is 1.23.